The van der Waals surface area contributed by atoms with Crippen LogP contribution in [0.15, 0.2) is 23.0 Å². The number of hydrogen-bond acceptors (Lipinski definition) is 7. The van der Waals surface area contributed by atoms with E-state index in [-0.39, 0.29) is 40.8 Å². The summed E-state index contributed by atoms with van der Waals surface area (Å²) in [4.78, 5) is 39.6. The van der Waals surface area contributed by atoms with Crippen LogP contribution in [0.4, 0.5) is 14.5 Å². The van der Waals surface area contributed by atoms with Gasteiger partial charge in [0.05, 0.1) is 29.5 Å². The Morgan fingerprint density at radius 2 is 1.92 bits per heavy atom. The summed E-state index contributed by atoms with van der Waals surface area (Å²) in [5.74, 6) is -2.20. The second kappa shape index (κ2) is 9.90. The number of fused-ring (bicyclic) bond motifs is 1. The first-order chi connectivity index (χ1) is 17.3. The Morgan fingerprint density at radius 1 is 1.14 bits per heavy atom. The normalized spacial score (nSPS) is 18.7. The number of anilines is 1. The highest BCUT2D eigenvalue weighted by Crippen LogP contribution is 2.24. The summed E-state index contributed by atoms with van der Waals surface area (Å²) in [6.07, 6.45) is 0.803. The van der Waals surface area contributed by atoms with Crippen LogP contribution in [0.5, 0.6) is 0 Å². The van der Waals surface area contributed by atoms with Crippen molar-refractivity contribution in [2.45, 2.75) is 32.9 Å². The fourth-order valence-electron chi connectivity index (χ4n) is 4.73. The Hall–Kier alpha value is -3.44. The molecule has 11 heteroatoms. The van der Waals surface area contributed by atoms with Crippen LogP contribution in [0.1, 0.15) is 33.9 Å². The highest BCUT2D eigenvalue weighted by Gasteiger charge is 2.24. The van der Waals surface area contributed by atoms with Gasteiger partial charge in [-0.2, -0.15) is 0 Å². The van der Waals surface area contributed by atoms with Gasteiger partial charge in [0.2, 0.25) is 0 Å². The molecule has 3 aromatic rings. The van der Waals surface area contributed by atoms with Gasteiger partial charge in [-0.3, -0.25) is 14.5 Å². The molecule has 5 rings (SSSR count). The smallest absolute Gasteiger partial charge is 0.270 e. The van der Waals surface area contributed by atoms with Crippen LogP contribution in [0.2, 0.25) is 0 Å². The van der Waals surface area contributed by atoms with Crippen LogP contribution >= 0.6 is 0 Å². The van der Waals surface area contributed by atoms with Crippen molar-refractivity contribution in [3.8, 4) is 0 Å². The van der Waals surface area contributed by atoms with E-state index in [2.05, 4.69) is 25.2 Å². The molecule has 2 aliphatic heterocycles. The van der Waals surface area contributed by atoms with Gasteiger partial charge >= 0.3 is 0 Å². The largest absolute Gasteiger partial charge is 0.379 e. The highest BCUT2D eigenvalue weighted by atomic mass is 19.2. The van der Waals surface area contributed by atoms with Gasteiger partial charge in [-0.1, -0.05) is 0 Å². The molecule has 1 amide bonds. The molecule has 2 N–H and O–H groups in total. The van der Waals surface area contributed by atoms with Gasteiger partial charge < -0.3 is 19.9 Å². The third kappa shape index (κ3) is 4.80. The van der Waals surface area contributed by atoms with Crippen LogP contribution in [0.3, 0.4) is 0 Å². The Bertz CT molecular complexity index is 1360. The number of benzene rings is 1. The number of carbonyl (C=O) groups excluding carboxylic acids is 1. The lowest BCUT2D eigenvalue weighted by Gasteiger charge is -2.36. The first-order valence-electron chi connectivity index (χ1n) is 12.0. The summed E-state index contributed by atoms with van der Waals surface area (Å²) in [5.41, 5.74) is 1.93. The van der Waals surface area contributed by atoms with Crippen molar-refractivity contribution in [3.63, 3.8) is 0 Å². The molecule has 0 radical (unpaired) electrons. The number of aryl methyl sites for hydroxylation is 2. The maximum absolute atomic E-state index is 14.8. The molecule has 190 valence electrons. The monoisotopic (exact) mass is 498 g/mol. The van der Waals surface area contributed by atoms with Crippen molar-refractivity contribution in [2.24, 2.45) is 0 Å². The zero-order valence-corrected chi connectivity index (χ0v) is 20.2. The predicted molar refractivity (Wildman–Crippen MR) is 130 cm³/mol. The topological polar surface area (TPSA) is 103 Å². The summed E-state index contributed by atoms with van der Waals surface area (Å²) in [6.45, 7) is 7.32. The van der Waals surface area contributed by atoms with E-state index in [1.807, 2.05) is 17.9 Å². The number of nitrogens with one attached hydrogen (secondary N) is 2. The van der Waals surface area contributed by atoms with Crippen molar-refractivity contribution >= 4 is 22.6 Å². The van der Waals surface area contributed by atoms with Crippen LogP contribution < -0.4 is 15.8 Å². The molecule has 1 aromatic carbocycles. The van der Waals surface area contributed by atoms with Crippen molar-refractivity contribution in [1.29, 1.82) is 0 Å². The summed E-state index contributed by atoms with van der Waals surface area (Å²) >= 11 is 0. The van der Waals surface area contributed by atoms with Crippen molar-refractivity contribution in [1.82, 2.24) is 25.2 Å². The number of hydrogen-bond donors (Lipinski definition) is 2. The number of aromatic nitrogens is 3. The van der Waals surface area contributed by atoms with E-state index in [1.54, 1.807) is 6.07 Å². The lowest BCUT2D eigenvalue weighted by atomic mass is 10.1. The number of piperazine rings is 1. The van der Waals surface area contributed by atoms with E-state index < -0.39 is 17.2 Å². The number of halogens is 2. The molecule has 2 aromatic heterocycles. The summed E-state index contributed by atoms with van der Waals surface area (Å²) < 4.78 is 34.7. The Balaban J connectivity index is 1.24. The summed E-state index contributed by atoms with van der Waals surface area (Å²) in [6, 6.07) is 5.11. The van der Waals surface area contributed by atoms with E-state index in [1.165, 1.54) is 13.0 Å². The number of amides is 1. The number of pyridine rings is 1. The van der Waals surface area contributed by atoms with E-state index >= 15 is 0 Å². The molecule has 0 saturated carbocycles. The molecule has 2 saturated heterocycles. The first-order valence-corrected chi connectivity index (χ1v) is 12.0. The SMILES string of the molecule is Cc1nc(C(=O)NC2CCOC2)ccc1N1CCN(Cc2cc3[nH]c(=O)c(C)nc3c(F)c2F)CC1. The fourth-order valence-corrected chi connectivity index (χ4v) is 4.73. The number of rotatable bonds is 5. The average Bonchev–Trinajstić information content (AvgIpc) is 3.37. The number of ether oxygens (including phenoxy) is 1. The molecular weight excluding hydrogens is 470 g/mol. The first kappa shape index (κ1) is 24.3. The maximum Gasteiger partial charge on any atom is 0.270 e. The molecule has 0 bridgehead atoms. The summed E-state index contributed by atoms with van der Waals surface area (Å²) in [5, 5.41) is 2.95. The van der Waals surface area contributed by atoms with Crippen LogP contribution in [-0.4, -0.2) is 71.2 Å². The third-order valence-corrected chi connectivity index (χ3v) is 6.77. The molecule has 2 aliphatic rings. The van der Waals surface area contributed by atoms with E-state index in [9.17, 15) is 18.4 Å². The zero-order chi connectivity index (χ0) is 25.4. The van der Waals surface area contributed by atoms with Gasteiger partial charge in [-0.05, 0) is 38.5 Å². The van der Waals surface area contributed by atoms with E-state index in [0.717, 1.165) is 17.8 Å². The number of carbonyl (C=O) groups is 1. The number of H-pyrrole nitrogens is 1. The van der Waals surface area contributed by atoms with Crippen LogP contribution in [0.25, 0.3) is 11.0 Å². The molecule has 9 nitrogen and oxygen atoms in total. The van der Waals surface area contributed by atoms with Crippen molar-refractivity contribution < 1.29 is 18.3 Å². The highest BCUT2D eigenvalue weighted by molar-refractivity contribution is 5.92. The minimum Gasteiger partial charge on any atom is -0.379 e. The van der Waals surface area contributed by atoms with Gasteiger partial charge in [0.1, 0.15) is 16.9 Å². The van der Waals surface area contributed by atoms with Crippen molar-refractivity contribution in [3.05, 3.63) is 62.8 Å². The van der Waals surface area contributed by atoms with Crippen LogP contribution in [-0.2, 0) is 11.3 Å². The Labute approximate surface area is 206 Å². The molecule has 0 aliphatic carbocycles. The summed E-state index contributed by atoms with van der Waals surface area (Å²) in [7, 11) is 0. The molecule has 4 heterocycles. The molecule has 0 spiro atoms. The average molecular weight is 499 g/mol. The minimum absolute atomic E-state index is 0.0221. The fraction of sp³-hybridized carbons (Fsp3) is 0.440. The maximum atomic E-state index is 14.8. The van der Waals surface area contributed by atoms with Gasteiger partial charge in [-0.15, -0.1) is 0 Å². The third-order valence-electron chi connectivity index (χ3n) is 6.77. The molecule has 1 unspecified atom stereocenters. The molecule has 2 fully saturated rings. The molecule has 1 atom stereocenters. The minimum atomic E-state index is -1.05. The number of aromatic amines is 1. The van der Waals surface area contributed by atoms with Gasteiger partial charge in [-0.25, -0.2) is 18.7 Å². The quantitative estimate of drug-likeness (QED) is 0.555. The second-order valence-corrected chi connectivity index (χ2v) is 9.31. The standard InChI is InChI=1S/C25H28F2N6O3/c1-14-20(4-3-18(28-14)25(35)30-17-5-10-36-13-17)33-8-6-32(7-9-33)12-16-11-19-23(22(27)21(16)26)29-15(2)24(34)31-19/h3-4,11,17H,5-10,12-13H2,1-2H3,(H,30,35)(H,31,34). The molecular formula is C25H28F2N6O3. The lowest BCUT2D eigenvalue weighted by molar-refractivity contribution is 0.0924. The molecule has 36 heavy (non-hydrogen) atoms. The Morgan fingerprint density at radius 3 is 2.61 bits per heavy atom. The zero-order valence-electron chi connectivity index (χ0n) is 20.2. The van der Waals surface area contributed by atoms with E-state index in [0.29, 0.717) is 45.1 Å². The van der Waals surface area contributed by atoms with Gasteiger partial charge in [0.25, 0.3) is 11.5 Å². The van der Waals surface area contributed by atoms with Gasteiger partial charge in [0, 0.05) is 44.9 Å². The van der Waals surface area contributed by atoms with E-state index in [4.69, 9.17) is 4.74 Å². The predicted octanol–water partition coefficient (Wildman–Crippen LogP) is 2.05. The number of nitrogens with zero attached hydrogens (tertiary/aromatic N) is 4. The van der Waals surface area contributed by atoms with Crippen LogP contribution in [0, 0.1) is 25.5 Å². The van der Waals surface area contributed by atoms with Crippen molar-refractivity contribution in [2.75, 3.05) is 44.3 Å². The second-order valence-electron chi connectivity index (χ2n) is 9.31. The Kier molecular flexibility index (Phi) is 6.67. The van der Waals surface area contributed by atoms with Gasteiger partial charge in [0.15, 0.2) is 11.6 Å². The lowest BCUT2D eigenvalue weighted by Crippen LogP contribution is -2.46.